The van der Waals surface area contributed by atoms with Crippen molar-refractivity contribution in [3.63, 3.8) is 0 Å². The van der Waals surface area contributed by atoms with E-state index >= 15 is 0 Å². The van der Waals surface area contributed by atoms with Crippen LogP contribution >= 0.6 is 11.3 Å². The van der Waals surface area contributed by atoms with Crippen molar-refractivity contribution >= 4 is 22.2 Å². The van der Waals surface area contributed by atoms with Gasteiger partial charge in [-0.25, -0.2) is 0 Å². The molecule has 0 spiro atoms. The molecule has 0 saturated heterocycles. The molecule has 0 atom stereocenters. The van der Waals surface area contributed by atoms with Gasteiger partial charge in [-0.05, 0) is 43.4 Å². The predicted molar refractivity (Wildman–Crippen MR) is 107 cm³/mol. The lowest BCUT2D eigenvalue weighted by Gasteiger charge is -2.09. The number of hydrogen-bond acceptors (Lipinski definition) is 6. The Bertz CT molecular complexity index is 1040. The van der Waals surface area contributed by atoms with E-state index in [1.807, 2.05) is 31.2 Å². The summed E-state index contributed by atoms with van der Waals surface area (Å²) in [5, 5.41) is 25.5. The molecule has 1 aliphatic carbocycles. The van der Waals surface area contributed by atoms with E-state index in [9.17, 15) is 10.1 Å². The number of benzene rings is 1. The first-order valence-electron chi connectivity index (χ1n) is 9.33. The van der Waals surface area contributed by atoms with Crippen LogP contribution in [0.1, 0.15) is 40.8 Å². The molecular weight excluding hydrogens is 372 g/mol. The third kappa shape index (κ3) is 3.80. The topological polar surface area (TPSA) is 96.5 Å². The van der Waals surface area contributed by atoms with Gasteiger partial charge in [-0.3, -0.25) is 4.79 Å². The smallest absolute Gasteiger partial charge is 0.226 e. The van der Waals surface area contributed by atoms with Crippen molar-refractivity contribution in [1.29, 1.82) is 5.26 Å². The maximum atomic E-state index is 12.4. The Hall–Kier alpha value is -3.05. The average molecular weight is 392 g/mol. The fourth-order valence-electron chi connectivity index (χ4n) is 3.32. The van der Waals surface area contributed by atoms with Crippen LogP contribution in [0.3, 0.4) is 0 Å². The Morgan fingerprint density at radius 2 is 2.07 bits per heavy atom. The Balaban J connectivity index is 1.38. The number of aromatic nitrogens is 4. The minimum Gasteiger partial charge on any atom is -0.317 e. The van der Waals surface area contributed by atoms with Crippen molar-refractivity contribution in [2.75, 3.05) is 5.32 Å². The molecule has 7 nitrogen and oxygen atoms in total. The number of fused-ring (bicyclic) bond motifs is 1. The molecule has 1 amide bonds. The molecule has 8 heteroatoms. The molecule has 0 fully saturated rings. The lowest BCUT2D eigenvalue weighted by Crippen LogP contribution is -2.15. The Morgan fingerprint density at radius 1 is 1.29 bits per heavy atom. The number of nitrogens with zero attached hydrogens (tertiary/aromatic N) is 5. The zero-order valence-corrected chi connectivity index (χ0v) is 16.4. The monoisotopic (exact) mass is 392 g/mol. The van der Waals surface area contributed by atoms with Crippen molar-refractivity contribution in [1.82, 2.24) is 20.2 Å². The van der Waals surface area contributed by atoms with E-state index in [4.69, 9.17) is 0 Å². The number of carbonyl (C=O) groups is 1. The van der Waals surface area contributed by atoms with E-state index in [2.05, 4.69) is 26.8 Å². The average Bonchev–Trinajstić information content (AvgIpc) is 3.31. The zero-order valence-electron chi connectivity index (χ0n) is 15.6. The van der Waals surface area contributed by atoms with Crippen molar-refractivity contribution in [2.45, 2.75) is 45.6 Å². The van der Waals surface area contributed by atoms with Crippen LogP contribution in [0, 0.1) is 18.3 Å². The molecule has 3 aromatic rings. The van der Waals surface area contributed by atoms with Gasteiger partial charge in [-0.2, -0.15) is 10.1 Å². The van der Waals surface area contributed by atoms with Crippen molar-refractivity contribution in [2.24, 2.45) is 0 Å². The Labute approximate surface area is 167 Å². The fraction of sp³-hybridized carbons (Fsp3) is 0.350. The summed E-state index contributed by atoms with van der Waals surface area (Å²) in [5.41, 5.74) is 3.81. The van der Waals surface area contributed by atoms with Gasteiger partial charge in [0.25, 0.3) is 0 Å². The number of tetrazole rings is 1. The highest BCUT2D eigenvalue weighted by Crippen LogP contribution is 2.37. The molecule has 0 saturated carbocycles. The van der Waals surface area contributed by atoms with E-state index in [1.165, 1.54) is 26.6 Å². The van der Waals surface area contributed by atoms with Crippen LogP contribution in [0.25, 0.3) is 11.4 Å². The molecule has 0 aliphatic heterocycles. The van der Waals surface area contributed by atoms with Crippen LogP contribution in [0.15, 0.2) is 24.3 Å². The number of amides is 1. The zero-order chi connectivity index (χ0) is 19.5. The van der Waals surface area contributed by atoms with Gasteiger partial charge in [0.05, 0.1) is 12.1 Å². The molecule has 1 aliphatic rings. The minimum atomic E-state index is -0.149. The highest BCUT2D eigenvalue weighted by molar-refractivity contribution is 7.16. The maximum Gasteiger partial charge on any atom is 0.226 e. The highest BCUT2D eigenvalue weighted by Gasteiger charge is 2.21. The Kier molecular flexibility index (Phi) is 5.17. The molecule has 0 bridgehead atoms. The molecule has 2 heterocycles. The molecule has 4 rings (SSSR count). The lowest BCUT2D eigenvalue weighted by molar-refractivity contribution is -0.116. The fourth-order valence-corrected chi connectivity index (χ4v) is 4.57. The summed E-state index contributed by atoms with van der Waals surface area (Å²) < 4.78 is 0. The summed E-state index contributed by atoms with van der Waals surface area (Å²) in [4.78, 5) is 15.0. The van der Waals surface area contributed by atoms with Gasteiger partial charge in [0.15, 0.2) is 0 Å². The molecule has 0 radical (unpaired) electrons. The number of aryl methyl sites for hydroxylation is 3. The van der Waals surface area contributed by atoms with Gasteiger partial charge in [0.2, 0.25) is 11.7 Å². The van der Waals surface area contributed by atoms with Crippen LogP contribution in [0.4, 0.5) is 5.00 Å². The van der Waals surface area contributed by atoms with Gasteiger partial charge >= 0.3 is 0 Å². The molecule has 142 valence electrons. The summed E-state index contributed by atoms with van der Waals surface area (Å²) >= 11 is 1.53. The summed E-state index contributed by atoms with van der Waals surface area (Å²) in [7, 11) is 0. The largest absolute Gasteiger partial charge is 0.317 e. The van der Waals surface area contributed by atoms with Crippen LogP contribution < -0.4 is 5.32 Å². The van der Waals surface area contributed by atoms with Crippen LogP contribution in [-0.4, -0.2) is 26.1 Å². The first-order valence-corrected chi connectivity index (χ1v) is 10.1. The van der Waals surface area contributed by atoms with E-state index < -0.39 is 0 Å². The summed E-state index contributed by atoms with van der Waals surface area (Å²) in [6.07, 6.45) is 4.39. The van der Waals surface area contributed by atoms with Crippen molar-refractivity contribution < 1.29 is 4.79 Å². The summed E-state index contributed by atoms with van der Waals surface area (Å²) in [5.74, 6) is 0.391. The first kappa shape index (κ1) is 18.3. The first-order chi connectivity index (χ1) is 13.6. The standard InChI is InChI=1S/C20H20N6OS/c1-13-6-8-14(9-7-13)19-23-25-26(24-19)11-10-18(27)22-20-16(12-21)15-4-2-3-5-17(15)28-20/h6-9H,2-5,10-11H2,1H3,(H,22,27). The van der Waals surface area contributed by atoms with Gasteiger partial charge in [0.1, 0.15) is 11.1 Å². The van der Waals surface area contributed by atoms with E-state index in [0.29, 0.717) is 22.9 Å². The second-order valence-corrected chi connectivity index (χ2v) is 8.01. The number of rotatable bonds is 5. The minimum absolute atomic E-state index is 0.149. The number of carbonyl (C=O) groups excluding carboxylic acids is 1. The van der Waals surface area contributed by atoms with Crippen molar-refractivity contribution in [3.05, 3.63) is 45.8 Å². The van der Waals surface area contributed by atoms with Gasteiger partial charge in [-0.1, -0.05) is 29.8 Å². The van der Waals surface area contributed by atoms with Gasteiger partial charge in [0, 0.05) is 16.9 Å². The Morgan fingerprint density at radius 3 is 2.86 bits per heavy atom. The second kappa shape index (κ2) is 7.90. The SMILES string of the molecule is Cc1ccc(-c2nnn(CCC(=O)Nc3sc4c(c3C#N)CCCC4)n2)cc1. The normalized spacial score (nSPS) is 13.0. The van der Waals surface area contributed by atoms with Crippen LogP contribution in [0.5, 0.6) is 0 Å². The van der Waals surface area contributed by atoms with E-state index in [1.54, 1.807) is 0 Å². The van der Waals surface area contributed by atoms with Gasteiger partial charge < -0.3 is 5.32 Å². The number of nitriles is 1. The van der Waals surface area contributed by atoms with E-state index in [0.717, 1.165) is 36.8 Å². The lowest BCUT2D eigenvalue weighted by atomic mass is 9.96. The number of hydrogen-bond donors (Lipinski definition) is 1. The van der Waals surface area contributed by atoms with Crippen LogP contribution in [-0.2, 0) is 24.2 Å². The van der Waals surface area contributed by atoms with Crippen molar-refractivity contribution in [3.8, 4) is 17.5 Å². The molecular formula is C20H20N6OS. The predicted octanol–water partition coefficient (Wildman–Crippen LogP) is 3.49. The number of thiophene rings is 1. The van der Waals surface area contributed by atoms with E-state index in [-0.39, 0.29) is 12.3 Å². The molecule has 28 heavy (non-hydrogen) atoms. The summed E-state index contributed by atoms with van der Waals surface area (Å²) in [6, 6.07) is 10.2. The highest BCUT2D eigenvalue weighted by atomic mass is 32.1. The molecule has 1 aromatic carbocycles. The van der Waals surface area contributed by atoms with Crippen LogP contribution in [0.2, 0.25) is 0 Å². The quantitative estimate of drug-likeness (QED) is 0.717. The number of nitrogens with one attached hydrogen (secondary N) is 1. The number of anilines is 1. The van der Waals surface area contributed by atoms with Gasteiger partial charge in [-0.15, -0.1) is 21.5 Å². The third-order valence-electron chi connectivity index (χ3n) is 4.84. The third-order valence-corrected chi connectivity index (χ3v) is 6.04. The molecule has 1 N–H and O–H groups in total. The molecule has 0 unspecified atom stereocenters. The molecule has 2 aromatic heterocycles. The second-order valence-electron chi connectivity index (χ2n) is 6.90. The maximum absolute atomic E-state index is 12.4. The summed E-state index contributed by atoms with van der Waals surface area (Å²) in [6.45, 7) is 2.35.